The second-order valence-electron chi connectivity index (χ2n) is 4.69. The molecule has 1 aromatic rings. The van der Waals surface area contributed by atoms with E-state index in [9.17, 15) is 9.59 Å². The summed E-state index contributed by atoms with van der Waals surface area (Å²) >= 11 is 0. The Balaban J connectivity index is 2.20. The molecule has 1 heterocycles. The van der Waals surface area contributed by atoms with Crippen molar-refractivity contribution in [1.82, 2.24) is 5.32 Å². The van der Waals surface area contributed by atoms with Crippen LogP contribution in [0.25, 0.3) is 0 Å². The Labute approximate surface area is 122 Å². The molecule has 1 aliphatic heterocycles. The molecule has 0 saturated carbocycles. The van der Waals surface area contributed by atoms with E-state index in [4.69, 9.17) is 14.6 Å². The molecule has 0 spiro atoms. The first-order valence-corrected chi connectivity index (χ1v) is 6.62. The fraction of sp³-hybridized carbons (Fsp3) is 0.429. The number of carbonyl (C=O) groups excluding carboxylic acids is 1. The van der Waals surface area contributed by atoms with Gasteiger partial charge in [-0.2, -0.15) is 0 Å². The molecule has 21 heavy (non-hydrogen) atoms. The average molecular weight is 294 g/mol. The van der Waals surface area contributed by atoms with Gasteiger partial charge in [0.05, 0.1) is 18.3 Å². The number of amides is 2. The lowest BCUT2D eigenvalue weighted by Gasteiger charge is -2.30. The number of rotatable bonds is 4. The molecule has 1 aromatic carbocycles. The number of carboxylic acid groups (broad SMARTS) is 1. The van der Waals surface area contributed by atoms with Gasteiger partial charge in [-0.25, -0.2) is 9.59 Å². The van der Waals surface area contributed by atoms with Gasteiger partial charge >= 0.3 is 12.0 Å². The number of methoxy groups -OCH3 is 1. The van der Waals surface area contributed by atoms with Crippen molar-refractivity contribution < 1.29 is 24.2 Å². The molecule has 2 amide bonds. The molecule has 1 aliphatic rings. The minimum absolute atomic E-state index is 0.0512. The highest BCUT2D eigenvalue weighted by Crippen LogP contribution is 2.34. The van der Waals surface area contributed by atoms with Crippen LogP contribution in [0.5, 0.6) is 5.75 Å². The number of carboxylic acids is 1. The van der Waals surface area contributed by atoms with Crippen LogP contribution >= 0.6 is 0 Å². The van der Waals surface area contributed by atoms with Crippen molar-refractivity contribution in [3.8, 4) is 5.75 Å². The summed E-state index contributed by atoms with van der Waals surface area (Å²) in [5, 5.41) is 11.9. The van der Waals surface area contributed by atoms with E-state index in [1.165, 1.54) is 11.0 Å². The molecule has 2 rings (SSSR count). The van der Waals surface area contributed by atoms with Gasteiger partial charge in [-0.1, -0.05) is 6.07 Å². The molecule has 0 aromatic heterocycles. The van der Waals surface area contributed by atoms with Crippen LogP contribution in [0.2, 0.25) is 0 Å². The Morgan fingerprint density at radius 1 is 1.52 bits per heavy atom. The van der Waals surface area contributed by atoms with Crippen molar-refractivity contribution in [2.45, 2.75) is 13.0 Å². The minimum Gasteiger partial charge on any atom is -0.489 e. The highest BCUT2D eigenvalue weighted by Gasteiger charge is 2.27. The lowest BCUT2D eigenvalue weighted by Crippen LogP contribution is -2.46. The van der Waals surface area contributed by atoms with E-state index >= 15 is 0 Å². The highest BCUT2D eigenvalue weighted by atomic mass is 16.5. The summed E-state index contributed by atoms with van der Waals surface area (Å²) in [6.45, 7) is 2.84. The quantitative estimate of drug-likeness (QED) is 0.874. The van der Waals surface area contributed by atoms with Crippen molar-refractivity contribution in [2.24, 2.45) is 0 Å². The smallest absolute Gasteiger partial charge is 0.339 e. The summed E-state index contributed by atoms with van der Waals surface area (Å²) < 4.78 is 10.5. The predicted molar refractivity (Wildman–Crippen MR) is 76.1 cm³/mol. The summed E-state index contributed by atoms with van der Waals surface area (Å²) in [4.78, 5) is 24.9. The van der Waals surface area contributed by atoms with Gasteiger partial charge in [-0.05, 0) is 19.1 Å². The molecule has 0 fully saturated rings. The van der Waals surface area contributed by atoms with Crippen LogP contribution in [-0.2, 0) is 4.74 Å². The molecule has 1 unspecified atom stereocenters. The normalized spacial score (nSPS) is 14.9. The second kappa shape index (κ2) is 6.45. The zero-order chi connectivity index (χ0) is 15.4. The number of urea groups is 1. The molecule has 1 atom stereocenters. The van der Waals surface area contributed by atoms with Gasteiger partial charge in [-0.3, -0.25) is 4.90 Å². The van der Waals surface area contributed by atoms with Crippen LogP contribution in [0.1, 0.15) is 17.3 Å². The molecular formula is C14H18N2O5. The molecule has 0 radical (unpaired) electrons. The molecule has 2 N–H and O–H groups in total. The SMILES string of the molecule is COC(C)CNC(=O)N1CCOc2c(C(=O)O)cccc21. The molecule has 114 valence electrons. The van der Waals surface area contributed by atoms with E-state index in [2.05, 4.69) is 5.32 Å². The zero-order valence-corrected chi connectivity index (χ0v) is 12.0. The molecule has 7 nitrogen and oxygen atoms in total. The Bertz CT molecular complexity index is 546. The van der Waals surface area contributed by atoms with E-state index < -0.39 is 5.97 Å². The summed E-state index contributed by atoms with van der Waals surface area (Å²) in [6, 6.07) is 4.41. The van der Waals surface area contributed by atoms with Crippen LogP contribution in [-0.4, -0.2) is 50.0 Å². The average Bonchev–Trinajstić information content (AvgIpc) is 2.50. The number of nitrogens with zero attached hydrogens (tertiary/aromatic N) is 1. The largest absolute Gasteiger partial charge is 0.489 e. The van der Waals surface area contributed by atoms with E-state index in [1.807, 2.05) is 6.92 Å². The van der Waals surface area contributed by atoms with Gasteiger partial charge in [0.2, 0.25) is 0 Å². The third kappa shape index (κ3) is 3.25. The number of hydrogen-bond donors (Lipinski definition) is 2. The summed E-state index contributed by atoms with van der Waals surface area (Å²) in [5.41, 5.74) is 0.513. The maximum absolute atomic E-state index is 12.2. The maximum Gasteiger partial charge on any atom is 0.339 e. The fourth-order valence-corrected chi connectivity index (χ4v) is 2.04. The van der Waals surface area contributed by atoms with Crippen molar-refractivity contribution in [3.05, 3.63) is 23.8 Å². The molecule has 7 heteroatoms. The molecular weight excluding hydrogens is 276 g/mol. The number of ether oxygens (including phenoxy) is 2. The first-order chi connectivity index (χ1) is 10.0. The topological polar surface area (TPSA) is 88.1 Å². The zero-order valence-electron chi connectivity index (χ0n) is 12.0. The van der Waals surface area contributed by atoms with Crippen LogP contribution in [0.15, 0.2) is 18.2 Å². The van der Waals surface area contributed by atoms with Gasteiger partial charge in [0.25, 0.3) is 0 Å². The standard InChI is InChI=1S/C14H18N2O5/c1-9(20-2)8-15-14(19)16-6-7-21-12-10(13(17)18)4-3-5-11(12)16/h3-5,9H,6-8H2,1-2H3,(H,15,19)(H,17,18). The van der Waals surface area contributed by atoms with Gasteiger partial charge in [-0.15, -0.1) is 0 Å². The van der Waals surface area contributed by atoms with Gasteiger partial charge in [0.1, 0.15) is 12.2 Å². The number of fused-ring (bicyclic) bond motifs is 1. The minimum atomic E-state index is -1.08. The number of carbonyl (C=O) groups is 2. The van der Waals surface area contributed by atoms with Crippen molar-refractivity contribution in [1.29, 1.82) is 0 Å². The molecule has 0 saturated heterocycles. The van der Waals surface area contributed by atoms with E-state index in [0.717, 1.165) is 0 Å². The molecule has 0 bridgehead atoms. The Morgan fingerprint density at radius 2 is 2.29 bits per heavy atom. The molecule has 0 aliphatic carbocycles. The highest BCUT2D eigenvalue weighted by molar-refractivity contribution is 5.99. The fourth-order valence-electron chi connectivity index (χ4n) is 2.04. The number of benzene rings is 1. The second-order valence-corrected chi connectivity index (χ2v) is 4.69. The number of para-hydroxylation sites is 1. The number of nitrogens with one attached hydrogen (secondary N) is 1. The number of anilines is 1. The monoisotopic (exact) mass is 294 g/mol. The van der Waals surface area contributed by atoms with Gasteiger partial charge in [0.15, 0.2) is 5.75 Å². The summed E-state index contributed by atoms with van der Waals surface area (Å²) in [7, 11) is 1.57. The predicted octanol–water partition coefficient (Wildman–Crippen LogP) is 1.33. The first-order valence-electron chi connectivity index (χ1n) is 6.62. The van der Waals surface area contributed by atoms with E-state index in [1.54, 1.807) is 19.2 Å². The third-order valence-corrected chi connectivity index (χ3v) is 3.27. The maximum atomic E-state index is 12.2. The van der Waals surface area contributed by atoms with E-state index in [0.29, 0.717) is 18.8 Å². The Kier molecular flexibility index (Phi) is 4.64. The van der Waals surface area contributed by atoms with Crippen LogP contribution in [0.4, 0.5) is 10.5 Å². The number of aromatic carboxylic acids is 1. The lowest BCUT2D eigenvalue weighted by atomic mass is 10.1. The van der Waals surface area contributed by atoms with Gasteiger partial charge in [0, 0.05) is 13.7 Å². The Morgan fingerprint density at radius 3 is 2.95 bits per heavy atom. The van der Waals surface area contributed by atoms with Gasteiger partial charge < -0.3 is 19.9 Å². The first kappa shape index (κ1) is 15.1. The van der Waals surface area contributed by atoms with Crippen LogP contribution < -0.4 is 15.0 Å². The summed E-state index contributed by atoms with van der Waals surface area (Å²) in [6.07, 6.45) is -0.0974. The number of hydrogen-bond acceptors (Lipinski definition) is 4. The van der Waals surface area contributed by atoms with Crippen molar-refractivity contribution in [3.63, 3.8) is 0 Å². The Hall–Kier alpha value is -2.28. The summed E-state index contributed by atoms with van der Waals surface area (Å²) in [5.74, 6) is -0.853. The van der Waals surface area contributed by atoms with Crippen LogP contribution in [0.3, 0.4) is 0 Å². The lowest BCUT2D eigenvalue weighted by molar-refractivity contribution is 0.0692. The van der Waals surface area contributed by atoms with Crippen molar-refractivity contribution >= 4 is 17.7 Å². The third-order valence-electron chi connectivity index (χ3n) is 3.27. The van der Waals surface area contributed by atoms with Crippen molar-refractivity contribution in [2.75, 3.05) is 31.7 Å². The van der Waals surface area contributed by atoms with Crippen LogP contribution in [0, 0.1) is 0 Å². The van der Waals surface area contributed by atoms with E-state index in [-0.39, 0.29) is 30.1 Å².